The number of benzene rings is 1. The molecule has 0 N–H and O–H groups in total. The summed E-state index contributed by atoms with van der Waals surface area (Å²) in [4.78, 5) is 0. The molecule has 0 radical (unpaired) electrons. The van der Waals surface area contributed by atoms with Crippen LogP contribution >= 0.6 is 0 Å². The number of nitrogens with zero attached hydrogens (tertiary/aromatic N) is 3. The number of hydrogen-bond donors (Lipinski definition) is 0. The molecule has 0 saturated heterocycles. The van der Waals surface area contributed by atoms with Crippen LogP contribution in [0.5, 0.6) is 0 Å². The quantitative estimate of drug-likeness (QED) is 0.184. The smallest absolute Gasteiger partial charge is 0.135 e. The zero-order valence-electron chi connectivity index (χ0n) is 23.7. The van der Waals surface area contributed by atoms with Crippen LogP contribution in [0.1, 0.15) is 138 Å². The monoisotopic (exact) mass is 501 g/mol. The SMILES string of the molecule is CCCCCCCCCCCCc1nnn(C2C(c3occc3CCCC)=C(C)c3ccccc32)c1C. The molecule has 1 unspecified atom stereocenters. The van der Waals surface area contributed by atoms with Crippen LogP contribution in [0.25, 0.3) is 11.1 Å². The molecule has 0 aliphatic heterocycles. The highest BCUT2D eigenvalue weighted by Gasteiger charge is 2.36. The Labute approximate surface area is 224 Å². The van der Waals surface area contributed by atoms with E-state index in [4.69, 9.17) is 9.63 Å². The van der Waals surface area contributed by atoms with Crippen LogP contribution in [-0.2, 0) is 12.8 Å². The second-order valence-electron chi connectivity index (χ2n) is 10.9. The van der Waals surface area contributed by atoms with Gasteiger partial charge in [0.2, 0.25) is 0 Å². The Kier molecular flexibility index (Phi) is 10.2. The van der Waals surface area contributed by atoms with Gasteiger partial charge in [-0.05, 0) is 67.9 Å². The van der Waals surface area contributed by atoms with Crippen LogP contribution in [-0.4, -0.2) is 15.0 Å². The van der Waals surface area contributed by atoms with Gasteiger partial charge in [-0.25, -0.2) is 4.68 Å². The largest absolute Gasteiger partial charge is 0.464 e. The second kappa shape index (κ2) is 13.8. The lowest BCUT2D eigenvalue weighted by atomic mass is 9.97. The maximum Gasteiger partial charge on any atom is 0.135 e. The van der Waals surface area contributed by atoms with Gasteiger partial charge in [0.15, 0.2) is 0 Å². The Balaban J connectivity index is 1.44. The van der Waals surface area contributed by atoms with E-state index < -0.39 is 0 Å². The van der Waals surface area contributed by atoms with Crippen LogP contribution in [0, 0.1) is 6.92 Å². The van der Waals surface area contributed by atoms with Gasteiger partial charge < -0.3 is 4.42 Å². The van der Waals surface area contributed by atoms with E-state index in [2.05, 4.69) is 67.8 Å². The molecule has 2 heterocycles. The molecule has 0 amide bonds. The normalized spacial score (nSPS) is 15.1. The molecule has 3 aromatic rings. The Morgan fingerprint density at radius 3 is 2.19 bits per heavy atom. The minimum atomic E-state index is 0.0108. The number of unbranched alkanes of at least 4 members (excludes halogenated alkanes) is 10. The first-order valence-corrected chi connectivity index (χ1v) is 14.9. The number of hydrogen-bond acceptors (Lipinski definition) is 3. The average molecular weight is 502 g/mol. The van der Waals surface area contributed by atoms with Gasteiger partial charge in [0.25, 0.3) is 0 Å². The van der Waals surface area contributed by atoms with Crippen molar-refractivity contribution in [1.29, 1.82) is 0 Å². The van der Waals surface area contributed by atoms with Gasteiger partial charge >= 0.3 is 0 Å². The number of aryl methyl sites for hydroxylation is 2. The Morgan fingerprint density at radius 1 is 0.784 bits per heavy atom. The summed E-state index contributed by atoms with van der Waals surface area (Å²) in [6.07, 6.45) is 19.8. The highest BCUT2D eigenvalue weighted by Crippen LogP contribution is 2.48. The molecule has 1 atom stereocenters. The summed E-state index contributed by atoms with van der Waals surface area (Å²) in [5.41, 5.74) is 8.77. The van der Waals surface area contributed by atoms with Crippen molar-refractivity contribution in [3.05, 3.63) is 70.4 Å². The van der Waals surface area contributed by atoms with Gasteiger partial charge in [-0.15, -0.1) is 5.10 Å². The van der Waals surface area contributed by atoms with Crippen molar-refractivity contribution in [3.8, 4) is 0 Å². The van der Waals surface area contributed by atoms with E-state index in [1.807, 2.05) is 6.26 Å². The lowest BCUT2D eigenvalue weighted by molar-refractivity contribution is 0.525. The van der Waals surface area contributed by atoms with Crippen molar-refractivity contribution in [2.24, 2.45) is 0 Å². The maximum absolute atomic E-state index is 6.17. The molecular formula is C33H47N3O. The lowest BCUT2D eigenvalue weighted by Crippen LogP contribution is -2.14. The average Bonchev–Trinajstić information content (AvgIpc) is 3.60. The number of rotatable bonds is 16. The first-order valence-electron chi connectivity index (χ1n) is 14.9. The van der Waals surface area contributed by atoms with Gasteiger partial charge in [0.05, 0.1) is 17.7 Å². The van der Waals surface area contributed by atoms with E-state index in [1.165, 1.54) is 111 Å². The summed E-state index contributed by atoms with van der Waals surface area (Å²) >= 11 is 0. The van der Waals surface area contributed by atoms with Gasteiger partial charge in [-0.2, -0.15) is 0 Å². The number of furan rings is 1. The number of fused-ring (bicyclic) bond motifs is 1. The van der Waals surface area contributed by atoms with E-state index in [-0.39, 0.29) is 6.04 Å². The number of allylic oxidation sites excluding steroid dienone is 2. The van der Waals surface area contributed by atoms with Crippen molar-refractivity contribution in [2.75, 3.05) is 0 Å². The van der Waals surface area contributed by atoms with Gasteiger partial charge in [-0.1, -0.05) is 108 Å². The molecule has 4 nitrogen and oxygen atoms in total. The maximum atomic E-state index is 6.17. The minimum absolute atomic E-state index is 0.0108. The fraction of sp³-hybridized carbons (Fsp3) is 0.576. The molecule has 1 aromatic carbocycles. The minimum Gasteiger partial charge on any atom is -0.464 e. The number of aromatic nitrogens is 3. The summed E-state index contributed by atoms with van der Waals surface area (Å²) in [6.45, 7) is 8.96. The fourth-order valence-electron chi connectivity index (χ4n) is 5.90. The van der Waals surface area contributed by atoms with Crippen LogP contribution in [0.2, 0.25) is 0 Å². The molecule has 4 heteroatoms. The van der Waals surface area contributed by atoms with Crippen molar-refractivity contribution < 1.29 is 4.42 Å². The molecule has 0 fully saturated rings. The Bertz CT molecular complexity index is 1150. The zero-order valence-corrected chi connectivity index (χ0v) is 23.7. The fourth-order valence-corrected chi connectivity index (χ4v) is 5.90. The molecule has 1 aliphatic rings. The summed E-state index contributed by atoms with van der Waals surface area (Å²) in [6, 6.07) is 10.9. The molecule has 0 saturated carbocycles. The molecule has 0 bridgehead atoms. The molecule has 37 heavy (non-hydrogen) atoms. The van der Waals surface area contributed by atoms with E-state index in [0.29, 0.717) is 0 Å². The van der Waals surface area contributed by atoms with E-state index in [9.17, 15) is 0 Å². The molecular weight excluding hydrogens is 454 g/mol. The van der Waals surface area contributed by atoms with Crippen LogP contribution in [0.4, 0.5) is 0 Å². The van der Waals surface area contributed by atoms with Crippen molar-refractivity contribution >= 4 is 11.1 Å². The lowest BCUT2D eigenvalue weighted by Gasteiger charge is -2.19. The summed E-state index contributed by atoms with van der Waals surface area (Å²) in [7, 11) is 0. The van der Waals surface area contributed by atoms with E-state index in [0.717, 1.165) is 24.3 Å². The second-order valence-corrected chi connectivity index (χ2v) is 10.9. The van der Waals surface area contributed by atoms with Crippen LogP contribution in [0.15, 0.2) is 41.0 Å². The van der Waals surface area contributed by atoms with Gasteiger partial charge in [0.1, 0.15) is 11.8 Å². The summed E-state index contributed by atoms with van der Waals surface area (Å²) in [5.74, 6) is 1.03. The molecule has 2 aromatic heterocycles. The highest BCUT2D eigenvalue weighted by molar-refractivity contribution is 5.98. The predicted octanol–water partition coefficient (Wildman–Crippen LogP) is 9.52. The summed E-state index contributed by atoms with van der Waals surface area (Å²) < 4.78 is 8.32. The Morgan fingerprint density at radius 2 is 1.46 bits per heavy atom. The molecule has 1 aliphatic carbocycles. The third-order valence-electron chi connectivity index (χ3n) is 8.16. The van der Waals surface area contributed by atoms with Crippen molar-refractivity contribution in [1.82, 2.24) is 15.0 Å². The van der Waals surface area contributed by atoms with E-state index in [1.54, 1.807) is 0 Å². The van der Waals surface area contributed by atoms with Crippen LogP contribution < -0.4 is 0 Å². The zero-order chi connectivity index (χ0) is 26.0. The molecule has 0 spiro atoms. The molecule has 200 valence electrons. The van der Waals surface area contributed by atoms with Gasteiger partial charge in [-0.3, -0.25) is 0 Å². The van der Waals surface area contributed by atoms with Crippen molar-refractivity contribution in [3.63, 3.8) is 0 Å². The van der Waals surface area contributed by atoms with E-state index >= 15 is 0 Å². The van der Waals surface area contributed by atoms with Gasteiger partial charge in [0, 0.05) is 5.57 Å². The topological polar surface area (TPSA) is 43.9 Å². The van der Waals surface area contributed by atoms with Crippen molar-refractivity contribution in [2.45, 2.75) is 124 Å². The predicted molar refractivity (Wildman–Crippen MR) is 155 cm³/mol. The Hall–Kier alpha value is -2.62. The molecule has 4 rings (SSSR count). The third kappa shape index (κ3) is 6.45. The summed E-state index contributed by atoms with van der Waals surface area (Å²) in [5, 5.41) is 9.42. The first kappa shape index (κ1) is 27.4. The highest BCUT2D eigenvalue weighted by atomic mass is 16.3. The standard InChI is InChI=1S/C33H47N3O/c1-5-7-9-10-11-12-13-14-15-16-22-30-26(4)36(35-34-30)32-29-21-18-17-20-28(29)25(3)31(32)33-27(19-8-6-2)23-24-37-33/h17-18,20-21,23-24,32H,5-16,19,22H2,1-4H3. The third-order valence-corrected chi connectivity index (χ3v) is 8.16. The first-order chi connectivity index (χ1) is 18.2. The van der Waals surface area contributed by atoms with Crippen LogP contribution in [0.3, 0.4) is 0 Å².